The Balaban J connectivity index is 3.17. The highest BCUT2D eigenvalue weighted by Crippen LogP contribution is 2.36. The largest absolute Gasteiger partial charge is 0.480 e. The molecule has 0 saturated carbocycles. The molecular weight excluding hydrogens is 248 g/mol. The lowest BCUT2D eigenvalue weighted by Crippen LogP contribution is -2.27. The maximum atomic E-state index is 13.5. The first-order valence-corrected chi connectivity index (χ1v) is 5.41. The van der Waals surface area contributed by atoms with E-state index >= 15 is 0 Å². The molecule has 90 valence electrons. The van der Waals surface area contributed by atoms with Crippen molar-refractivity contribution in [3.05, 3.63) is 29.3 Å². The first kappa shape index (κ1) is 13.5. The molecule has 1 rings (SSSR count). The third kappa shape index (κ3) is 2.94. The molecule has 0 amide bonds. The summed E-state index contributed by atoms with van der Waals surface area (Å²) in [7, 11) is 0. The Morgan fingerprint density at radius 2 is 1.88 bits per heavy atom. The van der Waals surface area contributed by atoms with Gasteiger partial charge in [0.05, 0.1) is 16.5 Å². The molecule has 0 bridgehead atoms. The first-order valence-electron chi connectivity index (χ1n) is 4.59. The minimum atomic E-state index is -1.35. The number of aliphatic carboxylic acids is 1. The molecule has 0 unspecified atom stereocenters. The molecule has 1 aromatic carbocycles. The SMILES string of the molecule is CC(C)(Sc1c(F)cc(C#N)cc1F)C(=O)O. The van der Waals surface area contributed by atoms with Gasteiger partial charge in [-0.15, -0.1) is 11.8 Å². The Morgan fingerprint density at radius 1 is 1.41 bits per heavy atom. The molecule has 0 atom stereocenters. The van der Waals surface area contributed by atoms with E-state index in [1.807, 2.05) is 0 Å². The first-order chi connectivity index (χ1) is 7.77. The van der Waals surface area contributed by atoms with E-state index in [2.05, 4.69) is 0 Å². The van der Waals surface area contributed by atoms with Gasteiger partial charge in [-0.2, -0.15) is 5.26 Å². The van der Waals surface area contributed by atoms with Crippen molar-refractivity contribution >= 4 is 17.7 Å². The number of benzene rings is 1. The van der Waals surface area contributed by atoms with E-state index in [0.717, 1.165) is 12.1 Å². The number of hydrogen-bond acceptors (Lipinski definition) is 3. The summed E-state index contributed by atoms with van der Waals surface area (Å²) < 4.78 is 25.6. The van der Waals surface area contributed by atoms with Crippen LogP contribution in [0.15, 0.2) is 17.0 Å². The molecule has 0 saturated heterocycles. The lowest BCUT2D eigenvalue weighted by Gasteiger charge is -2.19. The summed E-state index contributed by atoms with van der Waals surface area (Å²) in [6, 6.07) is 3.37. The highest BCUT2D eigenvalue weighted by atomic mass is 32.2. The molecule has 1 N–H and O–H groups in total. The van der Waals surface area contributed by atoms with Gasteiger partial charge in [0.2, 0.25) is 0 Å². The maximum absolute atomic E-state index is 13.5. The summed E-state index contributed by atoms with van der Waals surface area (Å²) in [5.74, 6) is -3.03. The minimum Gasteiger partial charge on any atom is -0.480 e. The number of nitriles is 1. The van der Waals surface area contributed by atoms with E-state index < -0.39 is 27.2 Å². The van der Waals surface area contributed by atoms with Gasteiger partial charge in [-0.25, -0.2) is 8.78 Å². The van der Waals surface area contributed by atoms with E-state index in [1.165, 1.54) is 13.8 Å². The zero-order chi connectivity index (χ0) is 13.2. The second kappa shape index (κ2) is 4.72. The monoisotopic (exact) mass is 257 g/mol. The molecule has 3 nitrogen and oxygen atoms in total. The zero-order valence-electron chi connectivity index (χ0n) is 9.12. The average molecular weight is 257 g/mol. The smallest absolute Gasteiger partial charge is 0.319 e. The molecule has 0 radical (unpaired) electrons. The fourth-order valence-electron chi connectivity index (χ4n) is 1.02. The number of hydrogen-bond donors (Lipinski definition) is 1. The second-order valence-electron chi connectivity index (χ2n) is 3.80. The average Bonchev–Trinajstić information content (AvgIpc) is 2.22. The third-order valence-electron chi connectivity index (χ3n) is 2.00. The van der Waals surface area contributed by atoms with E-state index in [0.29, 0.717) is 11.8 Å². The highest BCUT2D eigenvalue weighted by Gasteiger charge is 2.31. The molecule has 0 aliphatic heterocycles. The molecular formula is C11H9F2NO2S. The lowest BCUT2D eigenvalue weighted by atomic mass is 10.2. The van der Waals surface area contributed by atoms with Crippen molar-refractivity contribution in [2.24, 2.45) is 0 Å². The lowest BCUT2D eigenvalue weighted by molar-refractivity contribution is -0.138. The number of carboxylic acid groups (broad SMARTS) is 1. The van der Waals surface area contributed by atoms with Crippen molar-refractivity contribution in [2.45, 2.75) is 23.5 Å². The van der Waals surface area contributed by atoms with Gasteiger partial charge in [0, 0.05) is 0 Å². The van der Waals surface area contributed by atoms with Crippen LogP contribution in [0.2, 0.25) is 0 Å². The van der Waals surface area contributed by atoms with Gasteiger partial charge < -0.3 is 5.11 Å². The number of carbonyl (C=O) groups is 1. The van der Waals surface area contributed by atoms with Crippen LogP contribution in [0.3, 0.4) is 0 Å². The summed E-state index contributed by atoms with van der Waals surface area (Å²) in [5.41, 5.74) is -0.141. The Bertz CT molecular complexity index is 486. The molecule has 6 heteroatoms. The fraction of sp³-hybridized carbons (Fsp3) is 0.273. The van der Waals surface area contributed by atoms with E-state index in [1.54, 1.807) is 6.07 Å². The summed E-state index contributed by atoms with van der Waals surface area (Å²) in [4.78, 5) is 10.5. The van der Waals surface area contributed by atoms with Crippen molar-refractivity contribution in [1.29, 1.82) is 5.26 Å². The van der Waals surface area contributed by atoms with Crippen LogP contribution >= 0.6 is 11.8 Å². The maximum Gasteiger partial charge on any atom is 0.319 e. The van der Waals surface area contributed by atoms with Gasteiger partial charge in [0.15, 0.2) is 0 Å². The predicted molar refractivity (Wildman–Crippen MR) is 58.6 cm³/mol. The van der Waals surface area contributed by atoms with Crippen molar-refractivity contribution in [1.82, 2.24) is 0 Å². The summed E-state index contributed by atoms with van der Waals surface area (Å²) in [6.07, 6.45) is 0. The molecule has 0 heterocycles. The van der Waals surface area contributed by atoms with Gasteiger partial charge in [-0.05, 0) is 26.0 Å². The zero-order valence-corrected chi connectivity index (χ0v) is 9.94. The van der Waals surface area contributed by atoms with Crippen LogP contribution in [0.4, 0.5) is 8.78 Å². The van der Waals surface area contributed by atoms with Gasteiger partial charge >= 0.3 is 5.97 Å². The van der Waals surface area contributed by atoms with E-state index in [4.69, 9.17) is 10.4 Å². The molecule has 0 aromatic heterocycles. The Hall–Kier alpha value is -1.61. The van der Waals surface area contributed by atoms with Crippen LogP contribution in [-0.2, 0) is 4.79 Å². The van der Waals surface area contributed by atoms with Crippen molar-refractivity contribution in [3.8, 4) is 6.07 Å². The Labute approximate surface area is 101 Å². The van der Waals surface area contributed by atoms with Crippen LogP contribution in [0.25, 0.3) is 0 Å². The normalized spacial score (nSPS) is 11.0. The van der Waals surface area contributed by atoms with Crippen LogP contribution in [-0.4, -0.2) is 15.8 Å². The van der Waals surface area contributed by atoms with Crippen LogP contribution < -0.4 is 0 Å². The van der Waals surface area contributed by atoms with Crippen LogP contribution in [0, 0.1) is 23.0 Å². The molecule has 17 heavy (non-hydrogen) atoms. The Kier molecular flexibility index (Phi) is 3.73. The van der Waals surface area contributed by atoms with Gasteiger partial charge in [0.1, 0.15) is 16.4 Å². The number of carboxylic acids is 1. The quantitative estimate of drug-likeness (QED) is 0.846. The van der Waals surface area contributed by atoms with Crippen LogP contribution in [0.5, 0.6) is 0 Å². The Morgan fingerprint density at radius 3 is 2.24 bits per heavy atom. The minimum absolute atomic E-state index is 0.141. The highest BCUT2D eigenvalue weighted by molar-refractivity contribution is 8.01. The molecule has 0 spiro atoms. The summed E-state index contributed by atoms with van der Waals surface area (Å²) >= 11 is 0.567. The van der Waals surface area contributed by atoms with Crippen LogP contribution in [0.1, 0.15) is 19.4 Å². The van der Waals surface area contributed by atoms with Gasteiger partial charge in [0.25, 0.3) is 0 Å². The molecule has 0 aliphatic rings. The third-order valence-corrected chi connectivity index (χ3v) is 3.28. The molecule has 0 aliphatic carbocycles. The number of nitrogens with zero attached hydrogens (tertiary/aromatic N) is 1. The predicted octanol–water partition coefficient (Wildman–Crippen LogP) is 2.79. The fourth-order valence-corrected chi connectivity index (χ4v) is 1.93. The number of thioether (sulfide) groups is 1. The van der Waals surface area contributed by atoms with E-state index in [9.17, 15) is 13.6 Å². The van der Waals surface area contributed by atoms with Gasteiger partial charge in [-0.1, -0.05) is 0 Å². The number of rotatable bonds is 3. The summed E-state index contributed by atoms with van der Waals surface area (Å²) in [5, 5.41) is 17.4. The van der Waals surface area contributed by atoms with Crippen molar-refractivity contribution in [2.75, 3.05) is 0 Å². The van der Waals surface area contributed by atoms with E-state index in [-0.39, 0.29) is 5.56 Å². The summed E-state index contributed by atoms with van der Waals surface area (Å²) in [6.45, 7) is 2.69. The van der Waals surface area contributed by atoms with Crippen molar-refractivity contribution < 1.29 is 18.7 Å². The molecule has 0 fully saturated rings. The standard InChI is InChI=1S/C11H9F2NO2S/c1-11(2,10(15)16)17-9-7(12)3-6(5-14)4-8(9)13/h3-4H,1-2H3,(H,15,16). The van der Waals surface area contributed by atoms with Crippen molar-refractivity contribution in [3.63, 3.8) is 0 Å². The van der Waals surface area contributed by atoms with Gasteiger partial charge in [-0.3, -0.25) is 4.79 Å². The topological polar surface area (TPSA) is 61.1 Å². The molecule has 1 aromatic rings. The number of halogens is 2. The second-order valence-corrected chi connectivity index (χ2v) is 5.43.